The lowest BCUT2D eigenvalue weighted by molar-refractivity contribution is -0.157. The van der Waals surface area contributed by atoms with Crippen molar-refractivity contribution < 1.29 is 14.3 Å². The molecule has 1 aliphatic carbocycles. The number of hydrogen-bond acceptors (Lipinski definition) is 3. The fourth-order valence-electron chi connectivity index (χ4n) is 2.16. The Kier molecular flexibility index (Phi) is 5.86. The van der Waals surface area contributed by atoms with Gasteiger partial charge in [0.15, 0.2) is 6.10 Å². The number of hydrogen-bond donors (Lipinski definition) is 1. The van der Waals surface area contributed by atoms with Gasteiger partial charge in [-0.2, -0.15) is 0 Å². The highest BCUT2D eigenvalue weighted by molar-refractivity contribution is 6.36. The van der Waals surface area contributed by atoms with Crippen LogP contribution in [-0.2, 0) is 14.3 Å². The van der Waals surface area contributed by atoms with Crippen molar-refractivity contribution in [2.24, 2.45) is 5.92 Å². The third kappa shape index (κ3) is 4.49. The van der Waals surface area contributed by atoms with E-state index in [2.05, 4.69) is 5.32 Å². The average Bonchev–Trinajstić information content (AvgIpc) is 2.50. The van der Waals surface area contributed by atoms with Crippen LogP contribution in [-0.4, -0.2) is 18.0 Å². The lowest BCUT2D eigenvalue weighted by Crippen LogP contribution is -2.32. The molecule has 1 aromatic carbocycles. The summed E-state index contributed by atoms with van der Waals surface area (Å²) in [6.45, 7) is 1.54. The van der Waals surface area contributed by atoms with E-state index in [4.69, 9.17) is 27.9 Å². The van der Waals surface area contributed by atoms with E-state index in [0.717, 1.165) is 12.8 Å². The maximum absolute atomic E-state index is 12.1. The van der Waals surface area contributed by atoms with Crippen molar-refractivity contribution in [1.82, 2.24) is 0 Å². The SMILES string of the molecule is C[C@H](OC(=O)[C@@H]1CC=CCC1)C(=O)Nc1ccc(Cl)cc1Cl. The minimum absolute atomic E-state index is 0.167. The van der Waals surface area contributed by atoms with E-state index in [9.17, 15) is 9.59 Å². The van der Waals surface area contributed by atoms with E-state index in [1.54, 1.807) is 12.1 Å². The molecular weight excluding hydrogens is 325 g/mol. The smallest absolute Gasteiger partial charge is 0.310 e. The van der Waals surface area contributed by atoms with Crippen molar-refractivity contribution in [3.05, 3.63) is 40.4 Å². The second-order valence-electron chi connectivity index (χ2n) is 5.17. The Balaban J connectivity index is 1.91. The van der Waals surface area contributed by atoms with Gasteiger partial charge in [-0.05, 0) is 44.4 Å². The molecule has 1 N–H and O–H groups in total. The minimum atomic E-state index is -0.884. The number of halogens is 2. The average molecular weight is 342 g/mol. The lowest BCUT2D eigenvalue weighted by Gasteiger charge is -2.20. The molecule has 0 saturated heterocycles. The number of carbonyl (C=O) groups excluding carboxylic acids is 2. The number of anilines is 1. The molecule has 1 aliphatic rings. The number of esters is 1. The first-order valence-electron chi connectivity index (χ1n) is 7.09. The van der Waals surface area contributed by atoms with Crippen LogP contribution < -0.4 is 5.32 Å². The number of allylic oxidation sites excluding steroid dienone is 2. The first-order valence-corrected chi connectivity index (χ1v) is 7.84. The molecule has 2 rings (SSSR count). The molecule has 6 heteroatoms. The summed E-state index contributed by atoms with van der Waals surface area (Å²) in [5.41, 5.74) is 0.430. The number of amides is 1. The van der Waals surface area contributed by atoms with Crippen LogP contribution in [0.2, 0.25) is 10.0 Å². The van der Waals surface area contributed by atoms with Gasteiger partial charge < -0.3 is 10.1 Å². The van der Waals surface area contributed by atoms with Gasteiger partial charge in [0.1, 0.15) is 0 Å². The maximum Gasteiger partial charge on any atom is 0.310 e. The fourth-order valence-corrected chi connectivity index (χ4v) is 2.61. The van der Waals surface area contributed by atoms with E-state index >= 15 is 0 Å². The van der Waals surface area contributed by atoms with Gasteiger partial charge >= 0.3 is 5.97 Å². The molecule has 0 radical (unpaired) electrons. The van der Waals surface area contributed by atoms with E-state index < -0.39 is 12.0 Å². The highest BCUT2D eigenvalue weighted by Crippen LogP contribution is 2.26. The predicted molar refractivity (Wildman–Crippen MR) is 87.1 cm³/mol. The van der Waals surface area contributed by atoms with Crippen LogP contribution in [0.1, 0.15) is 26.2 Å². The quantitative estimate of drug-likeness (QED) is 0.658. The fraction of sp³-hybridized carbons (Fsp3) is 0.375. The zero-order chi connectivity index (χ0) is 16.1. The van der Waals surface area contributed by atoms with Crippen molar-refractivity contribution in [3.63, 3.8) is 0 Å². The van der Waals surface area contributed by atoms with Gasteiger partial charge in [-0.15, -0.1) is 0 Å². The van der Waals surface area contributed by atoms with Gasteiger partial charge in [0.25, 0.3) is 5.91 Å². The summed E-state index contributed by atoms with van der Waals surface area (Å²) in [6, 6.07) is 4.75. The van der Waals surface area contributed by atoms with Crippen molar-refractivity contribution >= 4 is 40.8 Å². The minimum Gasteiger partial charge on any atom is -0.452 e. The molecule has 0 aliphatic heterocycles. The van der Waals surface area contributed by atoms with E-state index in [-0.39, 0.29) is 11.9 Å². The molecule has 0 saturated carbocycles. The Bertz CT molecular complexity index is 601. The van der Waals surface area contributed by atoms with Gasteiger partial charge in [0.05, 0.1) is 16.6 Å². The van der Waals surface area contributed by atoms with Crippen molar-refractivity contribution in [2.75, 3.05) is 5.32 Å². The second kappa shape index (κ2) is 7.65. The number of carbonyl (C=O) groups is 2. The molecule has 0 bridgehead atoms. The summed E-state index contributed by atoms with van der Waals surface area (Å²) < 4.78 is 5.23. The molecule has 0 spiro atoms. The number of nitrogens with one attached hydrogen (secondary N) is 1. The summed E-state index contributed by atoms with van der Waals surface area (Å²) in [4.78, 5) is 24.1. The van der Waals surface area contributed by atoms with Gasteiger partial charge in [-0.1, -0.05) is 35.4 Å². The molecule has 22 heavy (non-hydrogen) atoms. The van der Waals surface area contributed by atoms with E-state index in [1.807, 2.05) is 12.2 Å². The van der Waals surface area contributed by atoms with E-state index in [1.165, 1.54) is 13.0 Å². The van der Waals surface area contributed by atoms with Crippen molar-refractivity contribution in [2.45, 2.75) is 32.3 Å². The first-order chi connectivity index (χ1) is 10.5. The lowest BCUT2D eigenvalue weighted by atomic mass is 9.95. The van der Waals surface area contributed by atoms with Crippen LogP contribution in [0.4, 0.5) is 5.69 Å². The van der Waals surface area contributed by atoms with Gasteiger partial charge in [-0.25, -0.2) is 0 Å². The third-order valence-corrected chi connectivity index (χ3v) is 4.00. The second-order valence-corrected chi connectivity index (χ2v) is 6.02. The molecule has 0 unspecified atom stereocenters. The zero-order valence-electron chi connectivity index (χ0n) is 12.1. The molecule has 1 aromatic rings. The van der Waals surface area contributed by atoms with Gasteiger partial charge in [0.2, 0.25) is 0 Å². The van der Waals surface area contributed by atoms with Gasteiger partial charge in [-0.3, -0.25) is 9.59 Å². The monoisotopic (exact) mass is 341 g/mol. The van der Waals surface area contributed by atoms with Gasteiger partial charge in [0, 0.05) is 5.02 Å². The summed E-state index contributed by atoms with van der Waals surface area (Å²) in [5.74, 6) is -0.933. The summed E-state index contributed by atoms with van der Waals surface area (Å²) >= 11 is 11.8. The van der Waals surface area contributed by atoms with Crippen LogP contribution in [0.25, 0.3) is 0 Å². The van der Waals surface area contributed by atoms with Crippen LogP contribution in [0, 0.1) is 5.92 Å². The standard InChI is InChI=1S/C16H17Cl2NO3/c1-10(22-16(21)11-5-3-2-4-6-11)15(20)19-14-8-7-12(17)9-13(14)18/h2-3,7-11H,4-6H2,1H3,(H,19,20)/t10-,11+/m0/s1. The molecule has 0 aromatic heterocycles. The molecule has 118 valence electrons. The third-order valence-electron chi connectivity index (χ3n) is 3.45. The summed E-state index contributed by atoms with van der Waals surface area (Å²) in [7, 11) is 0. The Morgan fingerprint density at radius 2 is 2.09 bits per heavy atom. The highest BCUT2D eigenvalue weighted by atomic mass is 35.5. The van der Waals surface area contributed by atoms with Crippen molar-refractivity contribution in [1.29, 1.82) is 0 Å². The summed E-state index contributed by atoms with van der Waals surface area (Å²) in [6.07, 6.45) is 5.41. The molecular formula is C16H17Cl2NO3. The molecule has 0 fully saturated rings. The molecule has 4 nitrogen and oxygen atoms in total. The molecule has 0 heterocycles. The van der Waals surface area contributed by atoms with E-state index in [0.29, 0.717) is 22.2 Å². The Morgan fingerprint density at radius 1 is 1.32 bits per heavy atom. The largest absolute Gasteiger partial charge is 0.452 e. The normalized spacial score (nSPS) is 18.6. The molecule has 2 atom stereocenters. The Morgan fingerprint density at radius 3 is 2.73 bits per heavy atom. The highest BCUT2D eigenvalue weighted by Gasteiger charge is 2.25. The molecule has 1 amide bonds. The number of ether oxygens (including phenoxy) is 1. The topological polar surface area (TPSA) is 55.4 Å². The van der Waals surface area contributed by atoms with Crippen molar-refractivity contribution in [3.8, 4) is 0 Å². The Labute approximate surface area is 139 Å². The van der Waals surface area contributed by atoms with Crippen LogP contribution >= 0.6 is 23.2 Å². The predicted octanol–water partition coefficient (Wildman–Crippen LogP) is 4.22. The maximum atomic E-state index is 12.1. The Hall–Kier alpha value is -1.52. The first kappa shape index (κ1) is 16.8. The summed E-state index contributed by atoms with van der Waals surface area (Å²) in [5, 5.41) is 3.43. The number of benzene rings is 1. The zero-order valence-corrected chi connectivity index (χ0v) is 13.7. The van der Waals surface area contributed by atoms with Crippen LogP contribution in [0.15, 0.2) is 30.4 Å². The van der Waals surface area contributed by atoms with Crippen LogP contribution in [0.3, 0.4) is 0 Å². The number of rotatable bonds is 4. The van der Waals surface area contributed by atoms with Crippen LogP contribution in [0.5, 0.6) is 0 Å².